The van der Waals surface area contributed by atoms with E-state index in [4.69, 9.17) is 11.6 Å². The molecule has 0 saturated carbocycles. The van der Waals surface area contributed by atoms with Crippen LogP contribution in [0.5, 0.6) is 0 Å². The number of para-hydroxylation sites is 1. The Kier molecular flexibility index (Phi) is 4.63. The van der Waals surface area contributed by atoms with Gasteiger partial charge in [-0.3, -0.25) is 4.79 Å². The van der Waals surface area contributed by atoms with E-state index in [0.29, 0.717) is 11.6 Å². The molecule has 0 bridgehead atoms. The summed E-state index contributed by atoms with van der Waals surface area (Å²) in [4.78, 5) is 17.2. The molecule has 2 aromatic rings. The molecule has 7 heteroatoms. The van der Waals surface area contributed by atoms with Crippen LogP contribution in [-0.4, -0.2) is 33.5 Å². The molecule has 1 saturated heterocycles. The zero-order valence-corrected chi connectivity index (χ0v) is 15.7. The summed E-state index contributed by atoms with van der Waals surface area (Å²) >= 11 is 6.44. The summed E-state index contributed by atoms with van der Waals surface area (Å²) in [5.41, 5.74) is 2.91. The Hall–Kier alpha value is -2.05. The maximum atomic E-state index is 13.1. The minimum atomic E-state index is -2.61. The van der Waals surface area contributed by atoms with Crippen molar-refractivity contribution < 1.29 is 13.2 Å². The van der Waals surface area contributed by atoms with Gasteiger partial charge in [0.05, 0.1) is 15.6 Å². The number of thiol groups is 1. The van der Waals surface area contributed by atoms with Crippen LogP contribution in [-0.2, 0) is 21.9 Å². The Morgan fingerprint density at radius 3 is 2.54 bits per heavy atom. The molecule has 5 nitrogen and oxygen atoms in total. The number of amides is 1. The van der Waals surface area contributed by atoms with Crippen molar-refractivity contribution in [3.8, 4) is 0 Å². The van der Waals surface area contributed by atoms with E-state index < -0.39 is 10.7 Å². The molecule has 2 aliphatic heterocycles. The number of aryl methyl sites for hydroxylation is 1. The van der Waals surface area contributed by atoms with E-state index >= 15 is 0 Å². The molecule has 0 unspecified atom stereocenters. The van der Waals surface area contributed by atoms with Gasteiger partial charge < -0.3 is 9.80 Å². The number of carbonyl (C=O) groups excluding carboxylic acids is 1. The van der Waals surface area contributed by atoms with E-state index in [-0.39, 0.29) is 16.8 Å². The maximum absolute atomic E-state index is 13.1. The van der Waals surface area contributed by atoms with Gasteiger partial charge in [0.15, 0.2) is 10.7 Å². The lowest BCUT2D eigenvalue weighted by atomic mass is 9.99. The van der Waals surface area contributed by atoms with Crippen molar-refractivity contribution in [2.24, 2.45) is 0 Å². The lowest BCUT2D eigenvalue weighted by Gasteiger charge is -2.36. The first-order valence-corrected chi connectivity index (χ1v) is 10.2. The number of rotatable bonds is 3. The van der Waals surface area contributed by atoms with Gasteiger partial charge in [-0.2, -0.15) is 0 Å². The van der Waals surface area contributed by atoms with Crippen molar-refractivity contribution in [1.29, 1.82) is 0 Å². The van der Waals surface area contributed by atoms with Crippen LogP contribution in [0.4, 0.5) is 11.4 Å². The highest BCUT2D eigenvalue weighted by atomic mass is 35.5. The highest BCUT2D eigenvalue weighted by Gasteiger charge is 2.38. The third-order valence-corrected chi connectivity index (χ3v) is 6.15. The van der Waals surface area contributed by atoms with E-state index in [1.54, 1.807) is 17.0 Å². The van der Waals surface area contributed by atoms with Crippen LogP contribution < -0.4 is 9.80 Å². The molecule has 0 N–H and O–H groups in total. The van der Waals surface area contributed by atoms with E-state index in [1.165, 1.54) is 17.7 Å². The van der Waals surface area contributed by atoms with Crippen molar-refractivity contribution in [2.45, 2.75) is 30.2 Å². The second-order valence-electron chi connectivity index (χ2n) is 6.61. The third kappa shape index (κ3) is 2.97. The predicted octanol–water partition coefficient (Wildman–Crippen LogP) is 2.87. The van der Waals surface area contributed by atoms with Crippen LogP contribution in [0.2, 0.25) is 5.02 Å². The highest BCUT2D eigenvalue weighted by molar-refractivity contribution is 7.72. The zero-order valence-electron chi connectivity index (χ0n) is 14.1. The number of hydrogen-bond acceptors (Lipinski definition) is 4. The fraction of sp³-hybridized carbons (Fsp3) is 0.316. The summed E-state index contributed by atoms with van der Waals surface area (Å²) in [6, 6.07) is 12.1. The molecule has 136 valence electrons. The summed E-state index contributed by atoms with van der Waals surface area (Å²) in [5, 5.41) is 0.692. The summed E-state index contributed by atoms with van der Waals surface area (Å²) in [7, 11) is -2.61. The summed E-state index contributed by atoms with van der Waals surface area (Å²) in [6.45, 7) is 1.43. The molecular weight excluding hydrogens is 372 g/mol. The average Bonchev–Trinajstić information content (AvgIpc) is 3.03. The Balaban J connectivity index is 1.61. The molecule has 0 radical (unpaired) electrons. The van der Waals surface area contributed by atoms with E-state index in [9.17, 15) is 13.2 Å². The van der Waals surface area contributed by atoms with Crippen molar-refractivity contribution in [3.63, 3.8) is 0 Å². The smallest absolute Gasteiger partial charge is 0.249 e. The van der Waals surface area contributed by atoms with Crippen LogP contribution in [0.15, 0.2) is 47.4 Å². The second kappa shape index (κ2) is 6.93. The van der Waals surface area contributed by atoms with E-state index in [2.05, 4.69) is 11.0 Å². The molecular formula is C19H19ClN2O3S. The zero-order chi connectivity index (χ0) is 18.3. The van der Waals surface area contributed by atoms with E-state index in [0.717, 1.165) is 37.2 Å². The molecule has 2 heterocycles. The molecule has 4 rings (SSSR count). The molecule has 2 aromatic carbocycles. The summed E-state index contributed by atoms with van der Waals surface area (Å²) in [6.07, 6.45) is 2.70. The third-order valence-electron chi connectivity index (χ3n) is 5.13. The Labute approximate surface area is 159 Å². The number of carbonyl (C=O) groups is 1. The van der Waals surface area contributed by atoms with Gasteiger partial charge in [-0.05, 0) is 55.2 Å². The monoisotopic (exact) mass is 390 g/mol. The SMILES string of the molecule is O=C1[C@@H](N2CCCc3cccc(Cl)c32)CCN1c1ccc([SH](=O)=O)cc1. The van der Waals surface area contributed by atoms with Gasteiger partial charge in [0.1, 0.15) is 6.04 Å². The van der Waals surface area contributed by atoms with Crippen molar-refractivity contribution in [3.05, 3.63) is 53.1 Å². The Morgan fingerprint density at radius 2 is 1.81 bits per heavy atom. The average molecular weight is 391 g/mol. The summed E-state index contributed by atoms with van der Waals surface area (Å²) in [5.74, 6) is 0.0389. The molecule has 0 aromatic heterocycles. The van der Waals surface area contributed by atoms with Crippen LogP contribution >= 0.6 is 11.6 Å². The quantitative estimate of drug-likeness (QED) is 0.819. The molecule has 26 heavy (non-hydrogen) atoms. The number of fused-ring (bicyclic) bond motifs is 1. The van der Waals surface area contributed by atoms with Gasteiger partial charge in [0, 0.05) is 18.8 Å². The normalized spacial score (nSPS) is 19.9. The van der Waals surface area contributed by atoms with Crippen LogP contribution in [0.25, 0.3) is 0 Å². The fourth-order valence-electron chi connectivity index (χ4n) is 3.91. The largest absolute Gasteiger partial charge is 0.358 e. The molecule has 1 fully saturated rings. The lowest BCUT2D eigenvalue weighted by Crippen LogP contribution is -2.44. The fourth-order valence-corrected chi connectivity index (χ4v) is 4.61. The lowest BCUT2D eigenvalue weighted by molar-refractivity contribution is -0.118. The standard InChI is InChI=1S/C19H19ClN2O3S/c20-16-5-1-3-13-4-2-11-22(18(13)16)17-10-12-21(19(17)23)14-6-8-15(9-7-14)26(24)25/h1,3,5-9,17,26H,2,4,10-12H2/t17-/m0/s1. The predicted molar refractivity (Wildman–Crippen MR) is 103 cm³/mol. The minimum Gasteiger partial charge on any atom is -0.358 e. The second-order valence-corrected chi connectivity index (χ2v) is 8.05. The van der Waals surface area contributed by atoms with Gasteiger partial charge in [0.2, 0.25) is 5.91 Å². The number of halogens is 1. The van der Waals surface area contributed by atoms with Gasteiger partial charge in [-0.1, -0.05) is 23.7 Å². The molecule has 0 aliphatic carbocycles. The van der Waals surface area contributed by atoms with Gasteiger partial charge in [0.25, 0.3) is 0 Å². The van der Waals surface area contributed by atoms with Gasteiger partial charge in [-0.15, -0.1) is 0 Å². The van der Waals surface area contributed by atoms with Crippen molar-refractivity contribution in [1.82, 2.24) is 0 Å². The summed E-state index contributed by atoms with van der Waals surface area (Å²) < 4.78 is 22.1. The first kappa shape index (κ1) is 17.4. The molecule has 1 atom stereocenters. The van der Waals surface area contributed by atoms with Crippen LogP contribution in [0.1, 0.15) is 18.4 Å². The van der Waals surface area contributed by atoms with Crippen molar-refractivity contribution in [2.75, 3.05) is 22.9 Å². The number of benzene rings is 2. The van der Waals surface area contributed by atoms with Crippen LogP contribution in [0, 0.1) is 0 Å². The van der Waals surface area contributed by atoms with Gasteiger partial charge >= 0.3 is 0 Å². The molecule has 0 spiro atoms. The Morgan fingerprint density at radius 1 is 1.04 bits per heavy atom. The maximum Gasteiger partial charge on any atom is 0.249 e. The minimum absolute atomic E-state index is 0.0389. The highest BCUT2D eigenvalue weighted by Crippen LogP contribution is 2.38. The first-order valence-electron chi connectivity index (χ1n) is 8.66. The topological polar surface area (TPSA) is 57.7 Å². The van der Waals surface area contributed by atoms with Gasteiger partial charge in [-0.25, -0.2) is 8.42 Å². The molecule has 1 amide bonds. The van der Waals surface area contributed by atoms with E-state index in [1.807, 2.05) is 12.1 Å². The Bertz CT molecular complexity index is 919. The first-order chi connectivity index (χ1) is 12.6. The number of anilines is 2. The van der Waals surface area contributed by atoms with Crippen molar-refractivity contribution >= 4 is 39.6 Å². The molecule has 2 aliphatic rings. The van der Waals surface area contributed by atoms with Crippen LogP contribution in [0.3, 0.4) is 0 Å². The number of hydrogen-bond donors (Lipinski definition) is 1. The number of nitrogens with zero attached hydrogens (tertiary/aromatic N) is 2.